The largest absolute Gasteiger partial charge is 0.394 e. The van der Waals surface area contributed by atoms with Crippen LogP contribution in [-0.2, 0) is 17.6 Å². The fourth-order valence-electron chi connectivity index (χ4n) is 2.89. The zero-order valence-corrected chi connectivity index (χ0v) is 13.2. The van der Waals surface area contributed by atoms with Crippen molar-refractivity contribution in [1.29, 1.82) is 0 Å². The maximum absolute atomic E-state index is 12.1. The van der Waals surface area contributed by atoms with Gasteiger partial charge in [-0.05, 0) is 18.4 Å². The highest BCUT2D eigenvalue weighted by molar-refractivity contribution is 5.37. The second kappa shape index (κ2) is 7.12. The Labute approximate surface area is 139 Å². The lowest BCUT2D eigenvalue weighted by molar-refractivity contribution is -0.0459. The summed E-state index contributed by atoms with van der Waals surface area (Å²) in [5.74, 6) is 0.212. The van der Waals surface area contributed by atoms with E-state index in [9.17, 15) is 15.0 Å². The number of hydrogen-bond donors (Lipinski definition) is 3. The molecule has 3 atom stereocenters. The quantitative estimate of drug-likeness (QED) is 0.724. The summed E-state index contributed by atoms with van der Waals surface area (Å²) < 4.78 is 6.87. The van der Waals surface area contributed by atoms with Crippen LogP contribution in [0.5, 0.6) is 0 Å². The fourth-order valence-corrected chi connectivity index (χ4v) is 2.89. The molecule has 0 amide bonds. The molecule has 1 aliphatic rings. The highest BCUT2D eigenvalue weighted by Gasteiger charge is 2.35. The summed E-state index contributed by atoms with van der Waals surface area (Å²) in [5.41, 5.74) is 7.28. The number of aromatic nitrogens is 2. The summed E-state index contributed by atoms with van der Waals surface area (Å²) >= 11 is 0. The maximum Gasteiger partial charge on any atom is 0.351 e. The van der Waals surface area contributed by atoms with Crippen LogP contribution >= 0.6 is 0 Å². The molecule has 1 unspecified atom stereocenters. The molecular weight excluding hydrogens is 310 g/mol. The molecular formula is C17H21N3O4. The lowest BCUT2D eigenvalue weighted by atomic mass is 10.1. The van der Waals surface area contributed by atoms with E-state index >= 15 is 0 Å². The molecule has 7 heteroatoms. The number of aliphatic hydroxyl groups excluding tert-OH is 2. The van der Waals surface area contributed by atoms with Gasteiger partial charge in [-0.15, -0.1) is 0 Å². The van der Waals surface area contributed by atoms with Gasteiger partial charge in [0.2, 0.25) is 0 Å². The summed E-state index contributed by atoms with van der Waals surface area (Å²) in [4.78, 5) is 16.0. The molecule has 1 aliphatic heterocycles. The predicted octanol–water partition coefficient (Wildman–Crippen LogP) is 0.251. The van der Waals surface area contributed by atoms with Crippen molar-refractivity contribution in [2.75, 3.05) is 12.3 Å². The Morgan fingerprint density at radius 2 is 2.04 bits per heavy atom. The minimum Gasteiger partial charge on any atom is -0.394 e. The molecule has 0 aliphatic carbocycles. The fraction of sp³-hybridized carbons (Fsp3) is 0.412. The van der Waals surface area contributed by atoms with Crippen LogP contribution in [0.4, 0.5) is 5.82 Å². The van der Waals surface area contributed by atoms with E-state index in [2.05, 4.69) is 4.98 Å². The summed E-state index contributed by atoms with van der Waals surface area (Å²) in [6.07, 6.45) is 1.15. The Bertz CT molecular complexity index is 747. The third kappa shape index (κ3) is 3.48. The molecule has 3 rings (SSSR count). The van der Waals surface area contributed by atoms with Crippen LogP contribution in [0, 0.1) is 0 Å². The van der Waals surface area contributed by atoms with Gasteiger partial charge in [-0.25, -0.2) is 4.79 Å². The molecule has 0 spiro atoms. The molecule has 0 bridgehead atoms. The number of aliphatic hydroxyl groups is 2. The van der Waals surface area contributed by atoms with Crippen molar-refractivity contribution in [3.8, 4) is 0 Å². The van der Waals surface area contributed by atoms with Gasteiger partial charge in [0.25, 0.3) is 0 Å². The van der Waals surface area contributed by atoms with Crippen molar-refractivity contribution < 1.29 is 14.9 Å². The summed E-state index contributed by atoms with van der Waals surface area (Å²) in [6.45, 7) is -0.296. The van der Waals surface area contributed by atoms with Crippen molar-refractivity contribution >= 4 is 5.82 Å². The second-order valence-electron chi connectivity index (χ2n) is 5.94. The molecule has 1 fully saturated rings. The highest BCUT2D eigenvalue weighted by Crippen LogP contribution is 2.28. The third-order valence-corrected chi connectivity index (χ3v) is 4.28. The Morgan fingerprint density at radius 3 is 2.71 bits per heavy atom. The number of ether oxygens (including phenoxy) is 1. The Morgan fingerprint density at radius 1 is 1.29 bits per heavy atom. The molecule has 128 valence electrons. The molecule has 1 saturated heterocycles. The first-order valence-electron chi connectivity index (χ1n) is 7.94. The number of nitrogens with zero attached hydrogens (tertiary/aromatic N) is 2. The Kier molecular flexibility index (Phi) is 4.94. The van der Waals surface area contributed by atoms with E-state index in [1.54, 1.807) is 6.20 Å². The molecule has 2 aromatic rings. The molecule has 1 aromatic carbocycles. The third-order valence-electron chi connectivity index (χ3n) is 4.28. The molecule has 2 heterocycles. The van der Waals surface area contributed by atoms with Gasteiger partial charge in [-0.3, -0.25) is 4.57 Å². The minimum atomic E-state index is -0.808. The summed E-state index contributed by atoms with van der Waals surface area (Å²) in [5, 5.41) is 19.0. The normalized spacial score (nSPS) is 23.5. The summed E-state index contributed by atoms with van der Waals surface area (Å²) in [6, 6.07) is 9.96. The van der Waals surface area contributed by atoms with Gasteiger partial charge in [0.1, 0.15) is 18.1 Å². The smallest absolute Gasteiger partial charge is 0.351 e. The van der Waals surface area contributed by atoms with Crippen molar-refractivity contribution in [2.24, 2.45) is 0 Å². The topological polar surface area (TPSA) is 111 Å². The first kappa shape index (κ1) is 16.6. The Hall–Kier alpha value is -2.22. The molecule has 24 heavy (non-hydrogen) atoms. The lowest BCUT2D eigenvalue weighted by Crippen LogP contribution is -2.29. The molecule has 4 N–H and O–H groups in total. The monoisotopic (exact) mass is 331 g/mol. The predicted molar refractivity (Wildman–Crippen MR) is 88.4 cm³/mol. The van der Waals surface area contributed by atoms with Crippen LogP contribution in [0.15, 0.2) is 41.3 Å². The average Bonchev–Trinajstić information content (AvgIpc) is 2.95. The number of nitrogens with two attached hydrogens (primary N) is 1. The number of aryl methyl sites for hydroxylation is 2. The van der Waals surface area contributed by atoms with E-state index in [1.165, 1.54) is 10.1 Å². The highest BCUT2D eigenvalue weighted by atomic mass is 16.5. The number of hydrogen-bond acceptors (Lipinski definition) is 6. The van der Waals surface area contributed by atoms with Crippen LogP contribution in [0.3, 0.4) is 0 Å². The molecule has 0 saturated carbocycles. The van der Waals surface area contributed by atoms with Crippen LogP contribution in [0.25, 0.3) is 0 Å². The average molecular weight is 331 g/mol. The summed E-state index contributed by atoms with van der Waals surface area (Å²) in [7, 11) is 0. The van der Waals surface area contributed by atoms with Gasteiger partial charge in [-0.1, -0.05) is 30.3 Å². The lowest BCUT2D eigenvalue weighted by Gasteiger charge is -2.16. The minimum absolute atomic E-state index is 0.212. The van der Waals surface area contributed by atoms with Gasteiger partial charge >= 0.3 is 5.69 Å². The van der Waals surface area contributed by atoms with E-state index in [4.69, 9.17) is 10.5 Å². The molecule has 1 aromatic heterocycles. The van der Waals surface area contributed by atoms with Crippen molar-refractivity contribution in [2.45, 2.75) is 37.7 Å². The number of rotatable bonds is 5. The van der Waals surface area contributed by atoms with Crippen LogP contribution in [0.1, 0.15) is 23.8 Å². The SMILES string of the molecule is Nc1nc(=O)n([C@H]2CC(O)[C@@H](CO)O2)cc1CCc1ccccc1. The molecule has 7 nitrogen and oxygen atoms in total. The molecule has 0 radical (unpaired) electrons. The van der Waals surface area contributed by atoms with Crippen molar-refractivity contribution in [3.05, 3.63) is 58.1 Å². The van der Waals surface area contributed by atoms with E-state index in [0.717, 1.165) is 12.0 Å². The van der Waals surface area contributed by atoms with E-state index in [-0.39, 0.29) is 18.8 Å². The zero-order chi connectivity index (χ0) is 17.1. The van der Waals surface area contributed by atoms with Gasteiger partial charge < -0.3 is 20.7 Å². The first-order valence-corrected chi connectivity index (χ1v) is 7.94. The van der Waals surface area contributed by atoms with Crippen LogP contribution in [0.2, 0.25) is 0 Å². The van der Waals surface area contributed by atoms with Gasteiger partial charge in [0.15, 0.2) is 0 Å². The number of anilines is 1. The van der Waals surface area contributed by atoms with Crippen molar-refractivity contribution in [3.63, 3.8) is 0 Å². The van der Waals surface area contributed by atoms with E-state index in [1.807, 2.05) is 30.3 Å². The maximum atomic E-state index is 12.1. The standard InChI is InChI=1S/C17H21N3O4/c18-16-12(7-6-11-4-2-1-3-5-11)9-20(17(23)19-16)15-8-13(22)14(10-21)24-15/h1-5,9,13-15,21-22H,6-8,10H2,(H2,18,19,23)/t13?,14-,15-/m1/s1. The Balaban J connectivity index is 1.80. The van der Waals surface area contributed by atoms with Gasteiger partial charge in [0.05, 0.1) is 12.7 Å². The second-order valence-corrected chi connectivity index (χ2v) is 5.94. The van der Waals surface area contributed by atoms with Gasteiger partial charge in [0, 0.05) is 18.2 Å². The van der Waals surface area contributed by atoms with Gasteiger partial charge in [-0.2, -0.15) is 4.98 Å². The van der Waals surface area contributed by atoms with E-state index < -0.39 is 24.1 Å². The first-order chi connectivity index (χ1) is 11.6. The van der Waals surface area contributed by atoms with Crippen LogP contribution in [-0.4, -0.2) is 38.6 Å². The van der Waals surface area contributed by atoms with E-state index in [0.29, 0.717) is 6.42 Å². The number of benzene rings is 1. The van der Waals surface area contributed by atoms with Crippen molar-refractivity contribution in [1.82, 2.24) is 9.55 Å². The van der Waals surface area contributed by atoms with Crippen LogP contribution < -0.4 is 11.4 Å². The number of nitrogen functional groups attached to an aromatic ring is 1. The zero-order valence-electron chi connectivity index (χ0n) is 13.2.